The smallest absolute Gasteiger partial charge is 0.410 e. The number of benzene rings is 1. The van der Waals surface area contributed by atoms with E-state index >= 15 is 0 Å². The van der Waals surface area contributed by atoms with Crippen molar-refractivity contribution >= 4 is 27.6 Å². The minimum atomic E-state index is -0.469. The van der Waals surface area contributed by atoms with Crippen LogP contribution >= 0.6 is 11.3 Å². The molecule has 1 aromatic carbocycles. The molecule has 3 heterocycles. The number of hydrogen-bond acceptors (Lipinski definition) is 6. The number of phenols is 1. The van der Waals surface area contributed by atoms with E-state index < -0.39 is 5.60 Å². The highest BCUT2D eigenvalue weighted by Crippen LogP contribution is 2.37. The molecule has 1 N–H and O–H groups in total. The van der Waals surface area contributed by atoms with Crippen LogP contribution in [0.2, 0.25) is 0 Å². The maximum absolute atomic E-state index is 12.3. The van der Waals surface area contributed by atoms with Crippen molar-refractivity contribution in [2.75, 3.05) is 13.1 Å². The number of aromatic nitrogens is 2. The van der Waals surface area contributed by atoms with Gasteiger partial charge in [0.25, 0.3) is 0 Å². The summed E-state index contributed by atoms with van der Waals surface area (Å²) in [5.74, 6) is 0.604. The number of phenolic OH excluding ortho intramolecular Hbond substituents is 1. The minimum absolute atomic E-state index is 0.200. The van der Waals surface area contributed by atoms with Crippen LogP contribution in [0.3, 0.4) is 0 Å². The van der Waals surface area contributed by atoms with E-state index in [1.807, 2.05) is 39.0 Å². The summed E-state index contributed by atoms with van der Waals surface area (Å²) in [4.78, 5) is 16.2. The van der Waals surface area contributed by atoms with E-state index in [9.17, 15) is 9.90 Å². The first kappa shape index (κ1) is 19.6. The summed E-state index contributed by atoms with van der Waals surface area (Å²) in [7, 11) is 0. The second-order valence-corrected chi connectivity index (χ2v) is 9.46. The van der Waals surface area contributed by atoms with Gasteiger partial charge >= 0.3 is 6.09 Å². The number of likely N-dealkylation sites (tertiary alicyclic amines) is 1. The molecule has 1 aliphatic heterocycles. The van der Waals surface area contributed by atoms with Crippen molar-refractivity contribution in [3.63, 3.8) is 0 Å². The highest BCUT2D eigenvalue weighted by atomic mass is 32.1. The molecule has 2 aromatic heterocycles. The molecule has 0 saturated carbocycles. The first-order valence-corrected chi connectivity index (χ1v) is 10.7. The van der Waals surface area contributed by atoms with E-state index in [-0.39, 0.29) is 11.8 Å². The third-order valence-corrected chi connectivity index (χ3v) is 6.23. The molecule has 0 atom stereocenters. The Hall–Kier alpha value is -2.67. The topological polar surface area (TPSA) is 75.5 Å². The fourth-order valence-corrected chi connectivity index (χ4v) is 4.70. The van der Waals surface area contributed by atoms with Gasteiger partial charge in [0.2, 0.25) is 0 Å². The predicted octanol–water partition coefficient (Wildman–Crippen LogP) is 5.18. The normalized spacial score (nSPS) is 15.6. The Bertz CT molecular complexity index is 1030. The maximum atomic E-state index is 12.3. The van der Waals surface area contributed by atoms with E-state index in [2.05, 4.69) is 16.3 Å². The summed E-state index contributed by atoms with van der Waals surface area (Å²) in [6.07, 6.45) is 1.59. The summed E-state index contributed by atoms with van der Waals surface area (Å²) in [5.41, 5.74) is 0.878. The maximum Gasteiger partial charge on any atom is 0.410 e. The van der Waals surface area contributed by atoms with E-state index in [0.29, 0.717) is 30.3 Å². The second-order valence-electron chi connectivity index (χ2n) is 8.40. The molecule has 29 heavy (non-hydrogen) atoms. The van der Waals surface area contributed by atoms with Crippen LogP contribution < -0.4 is 0 Å². The largest absolute Gasteiger partial charge is 0.507 e. The molecule has 0 aliphatic carbocycles. The predicted molar refractivity (Wildman–Crippen MR) is 114 cm³/mol. The van der Waals surface area contributed by atoms with Crippen molar-refractivity contribution in [3.05, 3.63) is 41.3 Å². The van der Waals surface area contributed by atoms with Gasteiger partial charge in [-0.3, -0.25) is 0 Å². The number of thiophene rings is 1. The number of para-hydroxylation sites is 1. The van der Waals surface area contributed by atoms with Crippen molar-refractivity contribution in [1.29, 1.82) is 0 Å². The van der Waals surface area contributed by atoms with Gasteiger partial charge in [0.15, 0.2) is 0 Å². The lowest BCUT2D eigenvalue weighted by Gasteiger charge is -2.33. The number of carbonyl (C=O) groups excluding carboxylic acids is 1. The first-order chi connectivity index (χ1) is 13.8. The van der Waals surface area contributed by atoms with Crippen LogP contribution in [0, 0.1) is 0 Å². The highest BCUT2D eigenvalue weighted by molar-refractivity contribution is 7.18. The molecular formula is C22H25N3O3S. The van der Waals surface area contributed by atoms with E-state index in [1.54, 1.807) is 28.4 Å². The zero-order chi connectivity index (χ0) is 20.6. The lowest BCUT2D eigenvalue weighted by atomic mass is 9.95. The van der Waals surface area contributed by atoms with Crippen molar-refractivity contribution in [2.24, 2.45) is 0 Å². The number of rotatable bonds is 2. The quantitative estimate of drug-likeness (QED) is 0.629. The van der Waals surface area contributed by atoms with Gasteiger partial charge in [-0.1, -0.05) is 12.1 Å². The molecule has 0 bridgehead atoms. The minimum Gasteiger partial charge on any atom is -0.507 e. The van der Waals surface area contributed by atoms with Crippen LogP contribution in [0.4, 0.5) is 4.79 Å². The standard InChI is InChI=1S/C22H25N3O3S/c1-22(2,3)28-21(27)25-10-8-14(9-11-25)19-13-15-12-17(23-24-20(15)29-19)16-6-4-5-7-18(16)26/h4-7,12-14,26H,8-11H2,1-3H3. The molecule has 1 fully saturated rings. The Labute approximate surface area is 174 Å². The van der Waals surface area contributed by atoms with Crippen molar-refractivity contribution in [3.8, 4) is 17.0 Å². The average Bonchev–Trinajstić information content (AvgIpc) is 3.10. The van der Waals surface area contributed by atoms with Crippen molar-refractivity contribution in [2.45, 2.75) is 45.1 Å². The van der Waals surface area contributed by atoms with Crippen molar-refractivity contribution < 1.29 is 14.6 Å². The molecular weight excluding hydrogens is 386 g/mol. The molecule has 0 unspecified atom stereocenters. The molecule has 0 spiro atoms. The molecule has 7 heteroatoms. The number of hydrogen-bond donors (Lipinski definition) is 1. The van der Waals surface area contributed by atoms with E-state index in [1.165, 1.54) is 4.88 Å². The number of fused-ring (bicyclic) bond motifs is 1. The zero-order valence-corrected chi connectivity index (χ0v) is 17.7. The fraction of sp³-hybridized carbons (Fsp3) is 0.409. The highest BCUT2D eigenvalue weighted by Gasteiger charge is 2.28. The molecule has 1 amide bonds. The third kappa shape index (κ3) is 4.34. The molecule has 152 valence electrons. The second kappa shape index (κ2) is 7.63. The van der Waals surface area contributed by atoms with Crippen LogP contribution in [0.25, 0.3) is 21.5 Å². The Morgan fingerprint density at radius 2 is 1.90 bits per heavy atom. The SMILES string of the molecule is CC(C)(C)OC(=O)N1CCC(c2cc3cc(-c4ccccc4O)nnc3s2)CC1. The number of amides is 1. The lowest BCUT2D eigenvalue weighted by molar-refractivity contribution is 0.0205. The van der Waals surface area contributed by atoms with Gasteiger partial charge in [-0.25, -0.2) is 4.79 Å². The third-order valence-electron chi connectivity index (χ3n) is 5.03. The van der Waals surface area contributed by atoms with Gasteiger partial charge in [0, 0.05) is 28.9 Å². The molecule has 1 saturated heterocycles. The summed E-state index contributed by atoms with van der Waals surface area (Å²) < 4.78 is 5.48. The monoisotopic (exact) mass is 411 g/mol. The number of nitrogens with zero attached hydrogens (tertiary/aromatic N) is 3. The van der Waals surface area contributed by atoms with Crippen molar-refractivity contribution in [1.82, 2.24) is 15.1 Å². The van der Waals surface area contributed by atoms with Crippen LogP contribution in [0.5, 0.6) is 5.75 Å². The van der Waals surface area contributed by atoms with Crippen LogP contribution in [0.1, 0.15) is 44.4 Å². The summed E-state index contributed by atoms with van der Waals surface area (Å²) in [6, 6.07) is 11.3. The summed E-state index contributed by atoms with van der Waals surface area (Å²) in [5, 5.41) is 19.8. The van der Waals surface area contributed by atoms with Crippen LogP contribution in [-0.4, -0.2) is 45.0 Å². The summed E-state index contributed by atoms with van der Waals surface area (Å²) >= 11 is 1.66. The Kier molecular flexibility index (Phi) is 5.17. The van der Waals surface area contributed by atoms with Gasteiger partial charge in [0.1, 0.15) is 16.2 Å². The molecule has 1 aliphatic rings. The van der Waals surface area contributed by atoms with E-state index in [4.69, 9.17) is 4.74 Å². The van der Waals surface area contributed by atoms with Gasteiger partial charge in [-0.15, -0.1) is 21.5 Å². The van der Waals surface area contributed by atoms with Gasteiger partial charge in [0.05, 0.1) is 5.69 Å². The number of ether oxygens (including phenoxy) is 1. The van der Waals surface area contributed by atoms with Gasteiger partial charge in [-0.2, -0.15) is 0 Å². The number of carbonyl (C=O) groups is 1. The average molecular weight is 412 g/mol. The molecule has 0 radical (unpaired) electrons. The van der Waals surface area contributed by atoms with Crippen LogP contribution in [-0.2, 0) is 4.74 Å². The molecule has 3 aromatic rings. The first-order valence-electron chi connectivity index (χ1n) is 9.83. The van der Waals surface area contributed by atoms with Crippen LogP contribution in [0.15, 0.2) is 36.4 Å². The Balaban J connectivity index is 1.48. The number of aromatic hydroxyl groups is 1. The Morgan fingerprint density at radius 1 is 1.17 bits per heavy atom. The molecule has 6 nitrogen and oxygen atoms in total. The molecule has 4 rings (SSSR count). The van der Waals surface area contributed by atoms with E-state index in [0.717, 1.165) is 23.1 Å². The summed E-state index contributed by atoms with van der Waals surface area (Å²) in [6.45, 7) is 7.06. The van der Waals surface area contributed by atoms with Gasteiger partial charge in [-0.05, 0) is 63.8 Å². The lowest BCUT2D eigenvalue weighted by Crippen LogP contribution is -2.41. The number of piperidine rings is 1. The fourth-order valence-electron chi connectivity index (χ4n) is 3.57. The Morgan fingerprint density at radius 3 is 2.59 bits per heavy atom. The zero-order valence-electron chi connectivity index (χ0n) is 16.9. The van der Waals surface area contributed by atoms with Gasteiger partial charge < -0.3 is 14.7 Å².